The Morgan fingerprint density at radius 3 is 2.15 bits per heavy atom. The lowest BCUT2D eigenvalue weighted by Gasteiger charge is -2.40. The van der Waals surface area contributed by atoms with Gasteiger partial charge in [0.15, 0.2) is 0 Å². The third kappa shape index (κ3) is 12.8. The summed E-state index contributed by atoms with van der Waals surface area (Å²) in [6, 6.07) is -2.45. The summed E-state index contributed by atoms with van der Waals surface area (Å²) in [6.07, 6.45) is -1.76. The van der Waals surface area contributed by atoms with Crippen LogP contribution in [-0.4, -0.2) is 138 Å². The van der Waals surface area contributed by atoms with Crippen LogP contribution in [0, 0.1) is 17.8 Å². The van der Waals surface area contributed by atoms with Crippen LogP contribution in [0.1, 0.15) is 80.2 Å². The van der Waals surface area contributed by atoms with E-state index in [1.54, 1.807) is 45.0 Å². The lowest BCUT2D eigenvalue weighted by atomic mass is 9.97. The molecule has 2 aliphatic rings. The summed E-state index contributed by atoms with van der Waals surface area (Å²) in [7, 11) is 2.84. The van der Waals surface area contributed by atoms with E-state index in [2.05, 4.69) is 32.0 Å². The molecule has 1 aromatic rings. The molecule has 0 aromatic heterocycles. The molecule has 60 heavy (non-hydrogen) atoms. The quantitative estimate of drug-likeness (QED) is 0.102. The van der Waals surface area contributed by atoms with Gasteiger partial charge in [-0.3, -0.25) is 38.6 Å². The normalized spacial score (nSPS) is 27.6. The standard InChI is InChI=1S/C41H64N8O11/c1-11-23(6)33(42-20-50)37(54)47-34-25(8)60-41(58)24(7)48(9)39(56)30(16-21(2)3)45-36(53)31-18-27(51)19-43-49(31)40(57)32(22(4)5)46-35(52)29(44-38(34)55)17-26-12-14-28(59-10)15-13-26/h12-15,20-25,27,29-34,43,51H,11,16-19H2,1-10H3,(H,42,50)(H,44,55)(H,45,53)(H,46,52)(H,47,54)/t23-,24+,25+,27+,29+,30+,31+,32-,33+,34+/m1/s1. The minimum absolute atomic E-state index is 0.0906. The number of aliphatic hydroxyl groups excluding tert-OH is 1. The van der Waals surface area contributed by atoms with Crippen LogP contribution in [-0.2, 0) is 49.5 Å². The molecule has 2 saturated heterocycles. The fraction of sp³-hybridized carbons (Fsp3) is 0.659. The van der Waals surface area contributed by atoms with E-state index in [1.165, 1.54) is 28.0 Å². The fourth-order valence-electron chi connectivity index (χ4n) is 6.95. The number of methoxy groups -OCH3 is 1. The highest BCUT2D eigenvalue weighted by Crippen LogP contribution is 2.20. The number of carbonyl (C=O) groups is 8. The van der Waals surface area contributed by atoms with Crippen molar-refractivity contribution in [2.45, 2.75) is 136 Å². The lowest BCUT2D eigenvalue weighted by molar-refractivity contribution is -0.161. The maximum atomic E-state index is 14.4. The molecule has 19 heteroatoms. The molecule has 7 N–H and O–H groups in total. The van der Waals surface area contributed by atoms with Gasteiger partial charge in [-0.05, 0) is 55.7 Å². The number of hydrogen-bond donors (Lipinski definition) is 7. The van der Waals surface area contributed by atoms with Crippen molar-refractivity contribution >= 4 is 47.8 Å². The van der Waals surface area contributed by atoms with Crippen LogP contribution in [0.15, 0.2) is 24.3 Å². The molecule has 3 rings (SSSR count). The SMILES string of the molecule is CC[C@@H](C)[C@H](NC=O)C(=O)N[C@@H]1C(=O)N[C@@H](Cc2ccc(OC)cc2)C(=O)N[C@H](C(C)C)C(=O)N2NC[C@@H](O)C[C@H]2C(=O)N[C@@H](CC(C)C)C(=O)N(C)[C@@H](C)C(=O)O[C@H]1C. The Labute approximate surface area is 351 Å². The van der Waals surface area contributed by atoms with Crippen LogP contribution in [0.2, 0.25) is 0 Å². The van der Waals surface area contributed by atoms with Crippen LogP contribution < -0.4 is 36.7 Å². The van der Waals surface area contributed by atoms with Crippen LogP contribution in [0.4, 0.5) is 0 Å². The molecule has 334 valence electrons. The van der Waals surface area contributed by atoms with Crippen molar-refractivity contribution in [3.05, 3.63) is 29.8 Å². The monoisotopic (exact) mass is 844 g/mol. The number of cyclic esters (lactones) is 1. The molecule has 7 amide bonds. The molecular formula is C41H64N8O11. The van der Waals surface area contributed by atoms with E-state index < -0.39 is 102 Å². The number of esters is 1. The maximum Gasteiger partial charge on any atom is 0.328 e. The highest BCUT2D eigenvalue weighted by molar-refractivity contribution is 5.98. The fourth-order valence-corrected chi connectivity index (χ4v) is 6.95. The van der Waals surface area contributed by atoms with E-state index >= 15 is 0 Å². The number of benzene rings is 1. The average Bonchev–Trinajstić information content (AvgIpc) is 3.21. The van der Waals surface area contributed by atoms with Crippen molar-refractivity contribution in [1.29, 1.82) is 0 Å². The highest BCUT2D eigenvalue weighted by atomic mass is 16.5. The molecule has 0 unspecified atom stereocenters. The van der Waals surface area contributed by atoms with Gasteiger partial charge in [0.1, 0.15) is 54.1 Å². The van der Waals surface area contributed by atoms with Gasteiger partial charge in [-0.15, -0.1) is 0 Å². The number of nitrogens with one attached hydrogen (secondary N) is 6. The zero-order valence-electron chi connectivity index (χ0n) is 36.3. The Balaban J connectivity index is 2.21. The zero-order chi connectivity index (χ0) is 45.0. The van der Waals surface area contributed by atoms with Crippen molar-refractivity contribution in [2.75, 3.05) is 20.7 Å². The van der Waals surface area contributed by atoms with Gasteiger partial charge in [-0.2, -0.15) is 0 Å². The van der Waals surface area contributed by atoms with Gasteiger partial charge in [0.25, 0.3) is 5.91 Å². The lowest BCUT2D eigenvalue weighted by Crippen LogP contribution is -2.67. The molecular weight excluding hydrogens is 780 g/mol. The third-order valence-corrected chi connectivity index (χ3v) is 11.0. The van der Waals surface area contributed by atoms with Crippen molar-refractivity contribution in [2.24, 2.45) is 17.8 Å². The molecule has 19 nitrogen and oxygen atoms in total. The van der Waals surface area contributed by atoms with Crippen LogP contribution in [0.5, 0.6) is 5.75 Å². The predicted molar refractivity (Wildman–Crippen MR) is 218 cm³/mol. The number of nitrogens with zero attached hydrogens (tertiary/aromatic N) is 2. The number of likely N-dealkylation sites (N-methyl/N-ethyl adjacent to an activating group) is 1. The third-order valence-electron chi connectivity index (χ3n) is 11.0. The predicted octanol–water partition coefficient (Wildman–Crippen LogP) is -0.702. The van der Waals surface area contributed by atoms with E-state index in [4.69, 9.17) is 9.47 Å². The summed E-state index contributed by atoms with van der Waals surface area (Å²) in [4.78, 5) is 111. The second kappa shape index (κ2) is 22.3. The molecule has 0 saturated carbocycles. The second-order valence-corrected chi connectivity index (χ2v) is 16.4. The molecule has 0 aliphatic carbocycles. The number of aliphatic hydroxyl groups is 1. The Morgan fingerprint density at radius 2 is 1.58 bits per heavy atom. The van der Waals surface area contributed by atoms with Crippen LogP contribution in [0.3, 0.4) is 0 Å². The van der Waals surface area contributed by atoms with E-state index in [9.17, 15) is 43.5 Å². The van der Waals surface area contributed by atoms with Gasteiger partial charge in [-0.25, -0.2) is 10.2 Å². The largest absolute Gasteiger partial charge is 0.497 e. The summed E-state index contributed by atoms with van der Waals surface area (Å²) in [5, 5.41) is 24.9. The van der Waals surface area contributed by atoms with Gasteiger partial charge >= 0.3 is 5.97 Å². The van der Waals surface area contributed by atoms with Gasteiger partial charge < -0.3 is 46.1 Å². The van der Waals surface area contributed by atoms with Crippen LogP contribution >= 0.6 is 0 Å². The van der Waals surface area contributed by atoms with Crippen molar-refractivity contribution in [3.8, 4) is 5.75 Å². The summed E-state index contributed by atoms with van der Waals surface area (Å²) >= 11 is 0. The van der Waals surface area contributed by atoms with Gasteiger partial charge in [0.05, 0.1) is 13.2 Å². The number of carbonyl (C=O) groups excluding carboxylic acids is 8. The van der Waals surface area contributed by atoms with Gasteiger partial charge in [0, 0.05) is 26.4 Å². The molecule has 10 atom stereocenters. The summed E-state index contributed by atoms with van der Waals surface area (Å²) in [5.41, 5.74) is 3.39. The number of amides is 7. The van der Waals surface area contributed by atoms with Gasteiger partial charge in [0.2, 0.25) is 35.9 Å². The molecule has 1 aromatic carbocycles. The van der Waals surface area contributed by atoms with Crippen LogP contribution in [0.25, 0.3) is 0 Å². The minimum Gasteiger partial charge on any atom is -0.497 e. The molecule has 2 aliphatic heterocycles. The molecule has 2 fully saturated rings. The van der Waals surface area contributed by atoms with E-state index in [1.807, 2.05) is 20.8 Å². The maximum absolute atomic E-state index is 14.4. The molecule has 0 radical (unpaired) electrons. The molecule has 0 spiro atoms. The first-order chi connectivity index (χ1) is 28.2. The number of hydrogen-bond acceptors (Lipinski definition) is 12. The highest BCUT2D eigenvalue weighted by Gasteiger charge is 2.43. The number of β-amino-alcohol motifs (C(OH)–C–C–N with tert-alkyl or cyclic N) is 1. The first-order valence-electron chi connectivity index (χ1n) is 20.5. The number of rotatable bonds is 12. The number of ether oxygens (including phenoxy) is 2. The number of hydrazine groups is 1. The topological polar surface area (TPSA) is 254 Å². The smallest absolute Gasteiger partial charge is 0.328 e. The zero-order valence-corrected chi connectivity index (χ0v) is 36.3. The minimum atomic E-state index is -1.64. The summed E-state index contributed by atoms with van der Waals surface area (Å²) in [5.74, 6) is -6.10. The average molecular weight is 845 g/mol. The van der Waals surface area contributed by atoms with E-state index in [0.717, 1.165) is 9.91 Å². The Bertz CT molecular complexity index is 1690. The second-order valence-electron chi connectivity index (χ2n) is 16.4. The number of fused-ring (bicyclic) bond motifs is 1. The summed E-state index contributed by atoms with van der Waals surface area (Å²) < 4.78 is 11.0. The van der Waals surface area contributed by atoms with E-state index in [0.29, 0.717) is 24.1 Å². The van der Waals surface area contributed by atoms with Crippen molar-refractivity contribution < 1.29 is 52.9 Å². The Hall–Kier alpha value is -5.30. The van der Waals surface area contributed by atoms with Gasteiger partial charge in [-0.1, -0.05) is 60.1 Å². The summed E-state index contributed by atoms with van der Waals surface area (Å²) in [6.45, 7) is 13.2. The van der Waals surface area contributed by atoms with Crippen molar-refractivity contribution in [1.82, 2.24) is 41.9 Å². The molecule has 0 bridgehead atoms. The Morgan fingerprint density at radius 1 is 0.950 bits per heavy atom. The van der Waals surface area contributed by atoms with Crippen molar-refractivity contribution in [3.63, 3.8) is 0 Å². The molecule has 2 heterocycles. The first kappa shape index (κ1) is 49.1. The van der Waals surface area contributed by atoms with E-state index in [-0.39, 0.29) is 37.6 Å². The first-order valence-corrected chi connectivity index (χ1v) is 20.5. The Kier molecular flexibility index (Phi) is 18.3.